The zero-order valence-corrected chi connectivity index (χ0v) is 15.8. The summed E-state index contributed by atoms with van der Waals surface area (Å²) in [5, 5.41) is 11.3. The van der Waals surface area contributed by atoms with Gasteiger partial charge in [-0.2, -0.15) is 0 Å². The third kappa shape index (κ3) is 4.94. The lowest BCUT2D eigenvalue weighted by Crippen LogP contribution is -2.15. The second-order valence-corrected chi connectivity index (χ2v) is 7.60. The number of thiazole rings is 1. The summed E-state index contributed by atoms with van der Waals surface area (Å²) in [6.45, 7) is 6.01. The largest absolute Gasteiger partial charge is 0.338 e. The van der Waals surface area contributed by atoms with Gasteiger partial charge in [-0.1, -0.05) is 25.9 Å². The molecule has 3 rings (SSSR count). The molecular formula is C17H18N6O3S. The average molecular weight is 386 g/mol. The third-order valence-corrected chi connectivity index (χ3v) is 4.26. The van der Waals surface area contributed by atoms with E-state index in [0.717, 1.165) is 5.69 Å². The quantitative estimate of drug-likeness (QED) is 0.691. The lowest BCUT2D eigenvalue weighted by molar-refractivity contribution is -0.115. The van der Waals surface area contributed by atoms with Gasteiger partial charge in [0.15, 0.2) is 5.13 Å². The van der Waals surface area contributed by atoms with Crippen LogP contribution in [-0.4, -0.2) is 31.9 Å². The molecule has 0 atom stereocenters. The van der Waals surface area contributed by atoms with Crippen LogP contribution in [0.15, 0.2) is 34.6 Å². The highest BCUT2D eigenvalue weighted by molar-refractivity contribution is 7.14. The van der Waals surface area contributed by atoms with E-state index in [4.69, 9.17) is 4.52 Å². The van der Waals surface area contributed by atoms with Gasteiger partial charge >= 0.3 is 0 Å². The second kappa shape index (κ2) is 7.62. The van der Waals surface area contributed by atoms with Crippen molar-refractivity contribution in [3.05, 3.63) is 47.1 Å². The maximum absolute atomic E-state index is 12.2. The zero-order valence-electron chi connectivity index (χ0n) is 15.0. The van der Waals surface area contributed by atoms with E-state index in [1.165, 1.54) is 29.9 Å². The third-order valence-electron chi connectivity index (χ3n) is 3.45. The molecule has 0 aliphatic heterocycles. The lowest BCUT2D eigenvalue weighted by Gasteiger charge is -2.12. The molecule has 0 bridgehead atoms. The van der Waals surface area contributed by atoms with E-state index in [-0.39, 0.29) is 29.3 Å². The van der Waals surface area contributed by atoms with Crippen LogP contribution < -0.4 is 10.6 Å². The number of hydrogen-bond donors (Lipinski definition) is 2. The molecule has 140 valence electrons. The molecule has 0 spiro atoms. The molecule has 3 aromatic heterocycles. The summed E-state index contributed by atoms with van der Waals surface area (Å²) in [5.41, 5.74) is 1.30. The van der Waals surface area contributed by atoms with Crippen molar-refractivity contribution in [3.8, 4) is 0 Å². The summed E-state index contributed by atoms with van der Waals surface area (Å²) >= 11 is 1.22. The minimum Gasteiger partial charge on any atom is -0.338 e. The molecule has 10 heteroatoms. The maximum Gasteiger partial charge on any atom is 0.277 e. The van der Waals surface area contributed by atoms with Crippen LogP contribution in [-0.2, 0) is 16.6 Å². The first-order valence-electron chi connectivity index (χ1n) is 8.10. The predicted molar refractivity (Wildman–Crippen MR) is 99.6 cm³/mol. The molecule has 9 nitrogen and oxygen atoms in total. The number of nitrogens with one attached hydrogen (secondary N) is 2. The summed E-state index contributed by atoms with van der Waals surface area (Å²) in [4.78, 5) is 36.2. The summed E-state index contributed by atoms with van der Waals surface area (Å²) in [7, 11) is 0. The Morgan fingerprint density at radius 3 is 2.70 bits per heavy atom. The predicted octanol–water partition coefficient (Wildman–Crippen LogP) is 2.65. The summed E-state index contributed by atoms with van der Waals surface area (Å²) in [6, 6.07) is 1.70. The van der Waals surface area contributed by atoms with Crippen LogP contribution in [0.25, 0.3) is 0 Å². The molecular weight excluding hydrogens is 368 g/mol. The molecule has 0 aliphatic rings. The van der Waals surface area contributed by atoms with Crippen molar-refractivity contribution < 1.29 is 14.1 Å². The normalized spacial score (nSPS) is 11.2. The van der Waals surface area contributed by atoms with E-state index in [2.05, 4.69) is 30.7 Å². The molecule has 0 saturated carbocycles. The first-order chi connectivity index (χ1) is 12.8. The van der Waals surface area contributed by atoms with Crippen LogP contribution in [0.5, 0.6) is 0 Å². The van der Waals surface area contributed by atoms with Gasteiger partial charge in [0.05, 0.1) is 24.0 Å². The maximum atomic E-state index is 12.2. The monoisotopic (exact) mass is 386 g/mol. The highest BCUT2D eigenvalue weighted by Gasteiger charge is 2.20. The molecule has 2 amide bonds. The first kappa shape index (κ1) is 18.6. The fraction of sp³-hybridized carbons (Fsp3) is 0.294. The van der Waals surface area contributed by atoms with Crippen LogP contribution in [0.3, 0.4) is 0 Å². The van der Waals surface area contributed by atoms with E-state index in [1.54, 1.807) is 11.4 Å². The molecule has 27 heavy (non-hydrogen) atoms. The standard InChI is InChI=1S/C17H18N6O3S/c1-17(2,3)12-7-14(26-23-12)21-13(24)6-10-9-27-16(20-10)22-15(25)11-8-18-4-5-19-11/h4-5,7-9H,6H2,1-3H3,(H,21,24)(H,20,22,25). The minimum atomic E-state index is -0.412. The highest BCUT2D eigenvalue weighted by atomic mass is 32.1. The number of carbonyl (C=O) groups excluding carboxylic acids is 2. The van der Waals surface area contributed by atoms with E-state index in [0.29, 0.717) is 10.8 Å². The van der Waals surface area contributed by atoms with Gasteiger partial charge in [-0.05, 0) is 0 Å². The molecule has 0 aliphatic carbocycles. The van der Waals surface area contributed by atoms with Gasteiger partial charge in [-0.25, -0.2) is 9.97 Å². The van der Waals surface area contributed by atoms with Gasteiger partial charge < -0.3 is 4.52 Å². The van der Waals surface area contributed by atoms with Gasteiger partial charge in [-0.3, -0.25) is 25.2 Å². The zero-order chi connectivity index (χ0) is 19.4. The fourth-order valence-corrected chi connectivity index (χ4v) is 2.76. The van der Waals surface area contributed by atoms with E-state index >= 15 is 0 Å². The van der Waals surface area contributed by atoms with Gasteiger partial charge in [0.25, 0.3) is 5.91 Å². The molecule has 2 N–H and O–H groups in total. The van der Waals surface area contributed by atoms with Gasteiger partial charge in [-0.15, -0.1) is 11.3 Å². The van der Waals surface area contributed by atoms with Crippen LogP contribution in [0, 0.1) is 0 Å². The SMILES string of the molecule is CC(C)(C)c1cc(NC(=O)Cc2csc(NC(=O)c3cnccn3)n2)on1. The van der Waals surface area contributed by atoms with Crippen molar-refractivity contribution in [2.45, 2.75) is 32.6 Å². The number of anilines is 2. The fourth-order valence-electron chi connectivity index (χ4n) is 2.06. The molecule has 0 aromatic carbocycles. The molecule has 0 saturated heterocycles. The van der Waals surface area contributed by atoms with Crippen molar-refractivity contribution in [2.24, 2.45) is 0 Å². The lowest BCUT2D eigenvalue weighted by atomic mass is 9.92. The molecule has 3 heterocycles. The summed E-state index contributed by atoms with van der Waals surface area (Å²) < 4.78 is 5.14. The average Bonchev–Trinajstić information content (AvgIpc) is 3.25. The molecule has 3 aromatic rings. The highest BCUT2D eigenvalue weighted by Crippen LogP contribution is 2.24. The van der Waals surface area contributed by atoms with Crippen LogP contribution in [0.1, 0.15) is 42.6 Å². The first-order valence-corrected chi connectivity index (χ1v) is 8.98. The Kier molecular flexibility index (Phi) is 5.26. The molecule has 0 fully saturated rings. The van der Waals surface area contributed by atoms with Crippen molar-refractivity contribution in [2.75, 3.05) is 10.6 Å². The Labute approximate surface area is 159 Å². The number of nitrogens with zero attached hydrogens (tertiary/aromatic N) is 4. The van der Waals surface area contributed by atoms with E-state index in [9.17, 15) is 9.59 Å². The van der Waals surface area contributed by atoms with Crippen molar-refractivity contribution in [1.82, 2.24) is 20.1 Å². The van der Waals surface area contributed by atoms with Crippen molar-refractivity contribution >= 4 is 34.2 Å². The molecule has 0 unspecified atom stereocenters. The Bertz CT molecular complexity index is 945. The Morgan fingerprint density at radius 2 is 2.04 bits per heavy atom. The van der Waals surface area contributed by atoms with Gasteiger partial charge in [0.1, 0.15) is 5.69 Å². The molecule has 0 radical (unpaired) electrons. The number of rotatable bonds is 5. The number of hydrogen-bond acceptors (Lipinski definition) is 8. The Balaban J connectivity index is 1.56. The Hall–Kier alpha value is -3.14. The topological polar surface area (TPSA) is 123 Å². The van der Waals surface area contributed by atoms with E-state index in [1.807, 2.05) is 20.8 Å². The number of aromatic nitrogens is 4. The van der Waals surface area contributed by atoms with Crippen molar-refractivity contribution in [3.63, 3.8) is 0 Å². The van der Waals surface area contributed by atoms with Crippen LogP contribution in [0.4, 0.5) is 11.0 Å². The second-order valence-electron chi connectivity index (χ2n) is 6.74. The minimum absolute atomic E-state index is 0.0447. The summed E-state index contributed by atoms with van der Waals surface area (Å²) in [5.74, 6) is -0.412. The van der Waals surface area contributed by atoms with Crippen LogP contribution in [0.2, 0.25) is 0 Å². The summed E-state index contributed by atoms with van der Waals surface area (Å²) in [6.07, 6.45) is 4.32. The van der Waals surface area contributed by atoms with Gasteiger partial charge in [0.2, 0.25) is 11.8 Å². The number of carbonyl (C=O) groups is 2. The van der Waals surface area contributed by atoms with Crippen LogP contribution >= 0.6 is 11.3 Å². The number of amides is 2. The van der Waals surface area contributed by atoms with E-state index < -0.39 is 5.91 Å². The van der Waals surface area contributed by atoms with Crippen molar-refractivity contribution in [1.29, 1.82) is 0 Å². The smallest absolute Gasteiger partial charge is 0.277 e. The Morgan fingerprint density at radius 1 is 1.22 bits per heavy atom. The van der Waals surface area contributed by atoms with Gasteiger partial charge in [0, 0.05) is 29.3 Å².